The van der Waals surface area contributed by atoms with Gasteiger partial charge >= 0.3 is 5.97 Å². The third-order valence-corrected chi connectivity index (χ3v) is 8.70. The zero-order valence-corrected chi connectivity index (χ0v) is 21.4. The molecule has 2 heterocycles. The summed E-state index contributed by atoms with van der Waals surface area (Å²) in [6, 6.07) is 19.8. The molecule has 3 aliphatic rings. The minimum atomic E-state index is -0.700. The van der Waals surface area contributed by atoms with Gasteiger partial charge < -0.3 is 19.5 Å². The molecule has 0 spiro atoms. The third-order valence-electron chi connectivity index (χ3n) is 8.70. The lowest BCUT2D eigenvalue weighted by Gasteiger charge is -2.42. The topological polar surface area (TPSA) is 59.0 Å². The summed E-state index contributed by atoms with van der Waals surface area (Å²) < 4.78 is 11.8. The molecule has 3 fully saturated rings. The number of carboxylic acids is 1. The summed E-state index contributed by atoms with van der Waals surface area (Å²) in [6.45, 7) is 4.24. The highest BCUT2D eigenvalue weighted by molar-refractivity contribution is 5.66. The van der Waals surface area contributed by atoms with Crippen LogP contribution in [0.2, 0.25) is 0 Å². The molecule has 0 amide bonds. The maximum absolute atomic E-state index is 11.1. The van der Waals surface area contributed by atoms with E-state index < -0.39 is 5.97 Å². The van der Waals surface area contributed by atoms with Crippen LogP contribution in [-0.4, -0.2) is 54.9 Å². The second-order valence-electron chi connectivity index (χ2n) is 11.3. The fourth-order valence-electron chi connectivity index (χ4n) is 6.33. The van der Waals surface area contributed by atoms with Crippen molar-refractivity contribution >= 4 is 5.97 Å². The van der Waals surface area contributed by atoms with Crippen LogP contribution in [0.1, 0.15) is 68.4 Å². The van der Waals surface area contributed by atoms with Gasteiger partial charge in [0.05, 0.1) is 19.6 Å². The van der Waals surface area contributed by atoms with E-state index in [1.165, 1.54) is 30.4 Å². The van der Waals surface area contributed by atoms with E-state index in [2.05, 4.69) is 59.5 Å². The van der Waals surface area contributed by atoms with Crippen molar-refractivity contribution in [2.45, 2.75) is 69.8 Å². The van der Waals surface area contributed by atoms with Crippen LogP contribution in [0.3, 0.4) is 0 Å². The number of benzene rings is 2. The van der Waals surface area contributed by atoms with Crippen LogP contribution < -0.4 is 4.74 Å². The average molecular weight is 492 g/mol. The van der Waals surface area contributed by atoms with Crippen LogP contribution in [0.4, 0.5) is 0 Å². The minimum absolute atomic E-state index is 0.236. The molecule has 194 valence electrons. The van der Waals surface area contributed by atoms with Gasteiger partial charge in [-0.3, -0.25) is 4.79 Å². The number of rotatable bonds is 11. The van der Waals surface area contributed by atoms with Gasteiger partial charge in [0.25, 0.3) is 0 Å². The molecule has 5 nitrogen and oxygen atoms in total. The molecule has 0 radical (unpaired) electrons. The molecule has 2 saturated heterocycles. The molecule has 2 aromatic carbocycles. The number of aliphatic carboxylic acids is 1. The van der Waals surface area contributed by atoms with Crippen LogP contribution in [0, 0.1) is 11.3 Å². The van der Waals surface area contributed by atoms with Crippen molar-refractivity contribution in [1.29, 1.82) is 0 Å². The molecule has 5 rings (SSSR count). The Kier molecular flexibility index (Phi) is 8.28. The second-order valence-corrected chi connectivity index (χ2v) is 11.3. The van der Waals surface area contributed by atoms with Crippen LogP contribution >= 0.6 is 0 Å². The highest BCUT2D eigenvalue weighted by Crippen LogP contribution is 2.52. The van der Waals surface area contributed by atoms with Crippen molar-refractivity contribution in [2.75, 3.05) is 32.8 Å². The lowest BCUT2D eigenvalue weighted by Crippen LogP contribution is -2.42. The quantitative estimate of drug-likeness (QED) is 0.422. The first-order valence-electron chi connectivity index (χ1n) is 13.9. The summed E-state index contributed by atoms with van der Waals surface area (Å²) in [6.07, 6.45) is 9.62. The van der Waals surface area contributed by atoms with Gasteiger partial charge in [0.15, 0.2) is 0 Å². The van der Waals surface area contributed by atoms with Crippen molar-refractivity contribution < 1.29 is 19.4 Å². The fourth-order valence-corrected chi connectivity index (χ4v) is 6.33. The van der Waals surface area contributed by atoms with E-state index in [0.717, 1.165) is 76.0 Å². The molecule has 5 heteroatoms. The van der Waals surface area contributed by atoms with Gasteiger partial charge in [-0.05, 0) is 92.1 Å². The molecular weight excluding hydrogens is 450 g/mol. The standard InChI is InChI=1S/C31H41NO4/c33-30(34)10-16-32-17-14-31(15-18-32,13-9-26-22-29(26)25-6-2-1-3-7-25)23-24-5-4-8-28(21-24)36-27-11-19-35-20-12-27/h1-8,21,26-27,29H,9-20,22-23H2,(H,33,34)/t26-,29?/m1/s1. The Balaban J connectivity index is 1.23. The zero-order chi connectivity index (χ0) is 24.8. The summed E-state index contributed by atoms with van der Waals surface area (Å²) in [5, 5.41) is 9.11. The van der Waals surface area contributed by atoms with Gasteiger partial charge in [0.2, 0.25) is 0 Å². The summed E-state index contributed by atoms with van der Waals surface area (Å²) in [5.74, 6) is 1.82. The van der Waals surface area contributed by atoms with Crippen molar-refractivity contribution in [3.8, 4) is 5.75 Å². The zero-order valence-electron chi connectivity index (χ0n) is 21.4. The van der Waals surface area contributed by atoms with Gasteiger partial charge in [-0.2, -0.15) is 0 Å². The largest absolute Gasteiger partial charge is 0.490 e. The van der Waals surface area contributed by atoms with Crippen LogP contribution in [0.25, 0.3) is 0 Å². The second kappa shape index (κ2) is 11.8. The van der Waals surface area contributed by atoms with Crippen LogP contribution in [0.15, 0.2) is 54.6 Å². The van der Waals surface area contributed by atoms with E-state index in [0.29, 0.717) is 6.54 Å². The lowest BCUT2D eigenvalue weighted by molar-refractivity contribution is -0.137. The number of nitrogens with zero attached hydrogens (tertiary/aromatic N) is 1. The normalized spacial score (nSPS) is 24.3. The van der Waals surface area contributed by atoms with Gasteiger partial charge in [-0.25, -0.2) is 0 Å². The molecule has 1 N–H and O–H groups in total. The molecule has 2 aliphatic heterocycles. The van der Waals surface area contributed by atoms with Crippen molar-refractivity contribution in [3.05, 3.63) is 65.7 Å². The summed E-state index contributed by atoms with van der Waals surface area (Å²) >= 11 is 0. The van der Waals surface area contributed by atoms with Crippen LogP contribution in [-0.2, 0) is 16.0 Å². The smallest absolute Gasteiger partial charge is 0.304 e. The van der Waals surface area contributed by atoms with E-state index in [-0.39, 0.29) is 17.9 Å². The van der Waals surface area contributed by atoms with Crippen molar-refractivity contribution in [1.82, 2.24) is 4.90 Å². The molecule has 1 aliphatic carbocycles. The number of carboxylic acid groups (broad SMARTS) is 1. The number of ether oxygens (including phenoxy) is 2. The number of likely N-dealkylation sites (tertiary alicyclic amines) is 1. The molecule has 0 aromatic heterocycles. The maximum atomic E-state index is 11.1. The van der Waals surface area contributed by atoms with E-state index in [1.54, 1.807) is 0 Å². The van der Waals surface area contributed by atoms with E-state index in [1.807, 2.05) is 0 Å². The molecule has 0 bridgehead atoms. The molecule has 1 saturated carbocycles. The highest BCUT2D eigenvalue weighted by atomic mass is 16.5. The fraction of sp³-hybridized carbons (Fsp3) is 0.581. The molecular formula is C31H41NO4. The summed E-state index contributed by atoms with van der Waals surface area (Å²) in [4.78, 5) is 13.4. The van der Waals surface area contributed by atoms with Crippen molar-refractivity contribution in [2.24, 2.45) is 11.3 Å². The number of carbonyl (C=O) groups is 1. The minimum Gasteiger partial charge on any atom is -0.490 e. The first-order chi connectivity index (χ1) is 17.6. The Bertz CT molecular complexity index is 979. The first kappa shape index (κ1) is 25.3. The van der Waals surface area contributed by atoms with Gasteiger partial charge in [0.1, 0.15) is 11.9 Å². The van der Waals surface area contributed by atoms with E-state index in [4.69, 9.17) is 14.6 Å². The number of piperidine rings is 1. The Morgan fingerprint density at radius 1 is 1.06 bits per heavy atom. The average Bonchev–Trinajstić information content (AvgIpc) is 3.69. The predicted octanol–water partition coefficient (Wildman–Crippen LogP) is 5.93. The molecule has 2 aromatic rings. The lowest BCUT2D eigenvalue weighted by atomic mass is 9.70. The summed E-state index contributed by atoms with van der Waals surface area (Å²) in [7, 11) is 0. The SMILES string of the molecule is O=C(O)CCN1CCC(CC[C@@H]2CC2c2ccccc2)(Cc2cccc(OC3CCOCC3)c2)CC1. The molecule has 2 atom stereocenters. The third kappa shape index (κ3) is 6.89. The maximum Gasteiger partial charge on any atom is 0.304 e. The Labute approximate surface area is 215 Å². The summed E-state index contributed by atoms with van der Waals surface area (Å²) in [5.41, 5.74) is 3.15. The van der Waals surface area contributed by atoms with Crippen molar-refractivity contribution in [3.63, 3.8) is 0 Å². The highest BCUT2D eigenvalue weighted by Gasteiger charge is 2.41. The number of hydrogen-bond acceptors (Lipinski definition) is 4. The first-order valence-corrected chi connectivity index (χ1v) is 13.9. The number of hydrogen-bond donors (Lipinski definition) is 1. The van der Waals surface area contributed by atoms with Gasteiger partial charge in [-0.1, -0.05) is 42.5 Å². The Morgan fingerprint density at radius 3 is 2.58 bits per heavy atom. The predicted molar refractivity (Wildman–Crippen MR) is 141 cm³/mol. The van der Waals surface area contributed by atoms with Crippen LogP contribution in [0.5, 0.6) is 5.75 Å². The monoisotopic (exact) mass is 491 g/mol. The van der Waals surface area contributed by atoms with E-state index in [9.17, 15) is 4.79 Å². The Hall–Kier alpha value is -2.37. The Morgan fingerprint density at radius 2 is 1.83 bits per heavy atom. The van der Waals surface area contributed by atoms with E-state index >= 15 is 0 Å². The van der Waals surface area contributed by atoms with Gasteiger partial charge in [-0.15, -0.1) is 0 Å². The van der Waals surface area contributed by atoms with Gasteiger partial charge in [0, 0.05) is 19.4 Å². The molecule has 1 unspecified atom stereocenters. The molecule has 36 heavy (non-hydrogen) atoms.